The van der Waals surface area contributed by atoms with E-state index in [9.17, 15) is 0 Å². The van der Waals surface area contributed by atoms with Crippen molar-refractivity contribution in [3.05, 3.63) is 17.3 Å². The third-order valence-corrected chi connectivity index (χ3v) is 2.04. The summed E-state index contributed by atoms with van der Waals surface area (Å²) in [5, 5.41) is 0.624. The molecule has 0 unspecified atom stereocenters. The molecule has 1 heterocycles. The van der Waals surface area contributed by atoms with Gasteiger partial charge in [0.1, 0.15) is 5.82 Å². The summed E-state index contributed by atoms with van der Waals surface area (Å²) in [7, 11) is 0. The van der Waals surface area contributed by atoms with E-state index in [1.807, 2.05) is 6.26 Å². The van der Waals surface area contributed by atoms with Gasteiger partial charge in [0.25, 0.3) is 0 Å². The number of pyridine rings is 1. The largest absolute Gasteiger partial charge is 0.383 e. The molecule has 0 amide bonds. The maximum atomic E-state index is 5.66. The predicted octanol–water partition coefficient (Wildman–Crippen LogP) is 2.04. The first-order valence-corrected chi connectivity index (χ1v) is 4.29. The van der Waals surface area contributed by atoms with Crippen LogP contribution in [0.3, 0.4) is 0 Å². The van der Waals surface area contributed by atoms with Crippen LogP contribution in [0.2, 0.25) is 5.02 Å². The molecule has 1 aromatic heterocycles. The Kier molecular flexibility index (Phi) is 2.40. The second-order valence-corrected chi connectivity index (χ2v) is 3.03. The van der Waals surface area contributed by atoms with Crippen molar-refractivity contribution in [1.29, 1.82) is 0 Å². The summed E-state index contributed by atoms with van der Waals surface area (Å²) in [6.45, 7) is 0. The van der Waals surface area contributed by atoms with Crippen LogP contribution in [0.25, 0.3) is 0 Å². The fourth-order valence-electron chi connectivity index (χ4n) is 0.595. The van der Waals surface area contributed by atoms with E-state index >= 15 is 0 Å². The number of thioether (sulfide) groups is 1. The average molecular weight is 175 g/mol. The number of hydrogen-bond donors (Lipinski definition) is 1. The van der Waals surface area contributed by atoms with Crippen LogP contribution in [0.15, 0.2) is 17.2 Å². The molecule has 0 saturated heterocycles. The quantitative estimate of drug-likeness (QED) is 0.663. The Morgan fingerprint density at radius 3 is 2.90 bits per heavy atom. The van der Waals surface area contributed by atoms with E-state index in [2.05, 4.69) is 4.98 Å². The first-order chi connectivity index (χ1) is 4.74. The maximum absolute atomic E-state index is 5.66. The van der Waals surface area contributed by atoms with Crippen molar-refractivity contribution in [2.45, 2.75) is 4.90 Å². The van der Waals surface area contributed by atoms with Crippen LogP contribution in [0, 0.1) is 0 Å². The van der Waals surface area contributed by atoms with Crippen LogP contribution in [-0.2, 0) is 0 Å². The van der Waals surface area contributed by atoms with E-state index in [1.54, 1.807) is 6.07 Å². The van der Waals surface area contributed by atoms with Gasteiger partial charge in [-0.3, -0.25) is 0 Å². The van der Waals surface area contributed by atoms with Crippen LogP contribution in [0.1, 0.15) is 0 Å². The standard InChI is InChI=1S/C6H7ClN2S/c1-10-5-2-4(7)3-9-6(5)8/h2-3H,1H3,(H2,8,9). The third kappa shape index (κ3) is 1.55. The lowest BCUT2D eigenvalue weighted by atomic mass is 10.5. The van der Waals surface area contributed by atoms with Gasteiger partial charge in [0.15, 0.2) is 0 Å². The molecule has 0 fully saturated rings. The number of anilines is 1. The molecule has 0 aliphatic rings. The fraction of sp³-hybridized carbons (Fsp3) is 0.167. The summed E-state index contributed by atoms with van der Waals surface area (Å²) in [5.74, 6) is 0.539. The van der Waals surface area contributed by atoms with Gasteiger partial charge in [0, 0.05) is 6.20 Å². The van der Waals surface area contributed by atoms with Crippen molar-refractivity contribution in [1.82, 2.24) is 4.98 Å². The molecule has 2 nitrogen and oxygen atoms in total. The minimum absolute atomic E-state index is 0.539. The fourth-order valence-corrected chi connectivity index (χ4v) is 1.32. The van der Waals surface area contributed by atoms with Gasteiger partial charge >= 0.3 is 0 Å². The van der Waals surface area contributed by atoms with Crippen LogP contribution in [0.4, 0.5) is 5.82 Å². The van der Waals surface area contributed by atoms with Gasteiger partial charge in [-0.05, 0) is 12.3 Å². The lowest BCUT2D eigenvalue weighted by Crippen LogP contribution is -1.91. The SMILES string of the molecule is CSc1cc(Cl)cnc1N. The van der Waals surface area contributed by atoms with Gasteiger partial charge in [0.05, 0.1) is 9.92 Å². The van der Waals surface area contributed by atoms with Gasteiger partial charge < -0.3 is 5.73 Å². The maximum Gasteiger partial charge on any atom is 0.137 e. The van der Waals surface area contributed by atoms with Crippen LogP contribution < -0.4 is 5.73 Å². The molecule has 0 aliphatic heterocycles. The first kappa shape index (κ1) is 7.69. The number of halogens is 1. The van der Waals surface area contributed by atoms with Crippen molar-refractivity contribution in [3.63, 3.8) is 0 Å². The average Bonchev–Trinajstić information content (AvgIpc) is 1.94. The minimum atomic E-state index is 0.539. The number of nitrogens with two attached hydrogens (primary N) is 1. The van der Waals surface area contributed by atoms with Gasteiger partial charge in [-0.2, -0.15) is 0 Å². The van der Waals surface area contributed by atoms with E-state index in [0.29, 0.717) is 10.8 Å². The second-order valence-electron chi connectivity index (χ2n) is 1.74. The molecule has 0 bridgehead atoms. The molecule has 0 saturated carbocycles. The molecule has 0 aliphatic carbocycles. The Morgan fingerprint density at radius 1 is 1.70 bits per heavy atom. The van der Waals surface area contributed by atoms with Gasteiger partial charge in [-0.25, -0.2) is 4.98 Å². The second kappa shape index (κ2) is 3.12. The lowest BCUT2D eigenvalue weighted by molar-refractivity contribution is 1.25. The topological polar surface area (TPSA) is 38.9 Å². The Hall–Kier alpha value is -0.410. The Bertz CT molecular complexity index is 239. The molecule has 4 heteroatoms. The predicted molar refractivity (Wildman–Crippen MR) is 45.4 cm³/mol. The highest BCUT2D eigenvalue weighted by Crippen LogP contribution is 2.23. The zero-order valence-corrected chi connectivity index (χ0v) is 7.04. The number of rotatable bonds is 1. The highest BCUT2D eigenvalue weighted by atomic mass is 35.5. The van der Waals surface area contributed by atoms with Crippen LogP contribution in [-0.4, -0.2) is 11.2 Å². The number of nitrogen functional groups attached to an aromatic ring is 1. The summed E-state index contributed by atoms with van der Waals surface area (Å²) >= 11 is 7.20. The number of hydrogen-bond acceptors (Lipinski definition) is 3. The van der Waals surface area contributed by atoms with Crippen LogP contribution in [0.5, 0.6) is 0 Å². The van der Waals surface area contributed by atoms with Crippen molar-refractivity contribution in [2.75, 3.05) is 12.0 Å². The lowest BCUT2D eigenvalue weighted by Gasteiger charge is -1.99. The van der Waals surface area contributed by atoms with Crippen LogP contribution >= 0.6 is 23.4 Å². The molecule has 1 aromatic rings. The molecule has 10 heavy (non-hydrogen) atoms. The molecule has 2 N–H and O–H groups in total. The molecule has 54 valence electrons. The molecule has 0 aromatic carbocycles. The summed E-state index contributed by atoms with van der Waals surface area (Å²) < 4.78 is 0. The first-order valence-electron chi connectivity index (χ1n) is 2.69. The van der Waals surface area contributed by atoms with E-state index in [4.69, 9.17) is 17.3 Å². The van der Waals surface area contributed by atoms with Gasteiger partial charge in [0.2, 0.25) is 0 Å². The smallest absolute Gasteiger partial charge is 0.137 e. The Morgan fingerprint density at radius 2 is 2.40 bits per heavy atom. The monoisotopic (exact) mass is 174 g/mol. The molecule has 0 radical (unpaired) electrons. The van der Waals surface area contributed by atoms with Gasteiger partial charge in [-0.15, -0.1) is 11.8 Å². The summed E-state index contributed by atoms with van der Waals surface area (Å²) in [4.78, 5) is 4.80. The minimum Gasteiger partial charge on any atom is -0.383 e. The van der Waals surface area contributed by atoms with Gasteiger partial charge in [-0.1, -0.05) is 11.6 Å². The van der Waals surface area contributed by atoms with E-state index < -0.39 is 0 Å². The van der Waals surface area contributed by atoms with E-state index in [-0.39, 0.29) is 0 Å². The molecular formula is C6H7ClN2S. The molecule has 0 spiro atoms. The summed E-state index contributed by atoms with van der Waals surface area (Å²) in [6.07, 6.45) is 3.47. The zero-order chi connectivity index (χ0) is 7.56. The van der Waals surface area contributed by atoms with Crippen molar-refractivity contribution >= 4 is 29.2 Å². The highest BCUT2D eigenvalue weighted by molar-refractivity contribution is 7.98. The zero-order valence-electron chi connectivity index (χ0n) is 5.47. The van der Waals surface area contributed by atoms with E-state index in [1.165, 1.54) is 18.0 Å². The third-order valence-electron chi connectivity index (χ3n) is 1.07. The van der Waals surface area contributed by atoms with Crippen molar-refractivity contribution in [2.24, 2.45) is 0 Å². The molecule has 1 rings (SSSR count). The highest BCUT2D eigenvalue weighted by Gasteiger charge is 1.97. The Balaban J connectivity index is 3.09. The number of aromatic nitrogens is 1. The van der Waals surface area contributed by atoms with Crippen molar-refractivity contribution < 1.29 is 0 Å². The Labute approximate surface area is 68.8 Å². The molecule has 0 atom stereocenters. The molecular weight excluding hydrogens is 168 g/mol. The number of nitrogens with zero attached hydrogens (tertiary/aromatic N) is 1. The summed E-state index contributed by atoms with van der Waals surface area (Å²) in [5.41, 5.74) is 5.51. The summed E-state index contributed by atoms with van der Waals surface area (Å²) in [6, 6.07) is 1.80. The van der Waals surface area contributed by atoms with E-state index in [0.717, 1.165) is 4.90 Å². The van der Waals surface area contributed by atoms with Crippen molar-refractivity contribution in [3.8, 4) is 0 Å². The normalized spacial score (nSPS) is 9.80.